The molecule has 0 bridgehead atoms. The summed E-state index contributed by atoms with van der Waals surface area (Å²) in [6, 6.07) is 5.66. The molecule has 9 nitrogen and oxygen atoms in total. The molecule has 0 saturated carbocycles. The number of benzene rings is 1. The standard InChI is InChI=1S/C27H39BFN3O6/c1-8-27(7)26(5,6)37-28(38-27)19-11-10-18(21(29)15-19)14-20(16-30)31-23(33)22-17-32(12-9-13-35-22)24(34)36-25(2,3)4/h10-11,15,20,22H,8-9,12-14,17H2,1-7H3,(H,31,33)/t20-,22-,27?/m0/s1. The number of rotatable bonds is 6. The van der Waals surface area contributed by atoms with E-state index in [9.17, 15) is 14.9 Å². The Labute approximate surface area is 225 Å². The Morgan fingerprint density at radius 3 is 2.61 bits per heavy atom. The van der Waals surface area contributed by atoms with Crippen molar-refractivity contribution in [1.29, 1.82) is 5.26 Å². The van der Waals surface area contributed by atoms with Crippen LogP contribution >= 0.6 is 0 Å². The first-order valence-electron chi connectivity index (χ1n) is 13.1. The highest BCUT2D eigenvalue weighted by molar-refractivity contribution is 6.62. The largest absolute Gasteiger partial charge is 0.494 e. The van der Waals surface area contributed by atoms with Gasteiger partial charge in [0, 0.05) is 19.6 Å². The highest BCUT2D eigenvalue weighted by atomic mass is 19.1. The van der Waals surface area contributed by atoms with Gasteiger partial charge >= 0.3 is 13.2 Å². The fourth-order valence-corrected chi connectivity index (χ4v) is 4.40. The molecule has 1 unspecified atom stereocenters. The summed E-state index contributed by atoms with van der Waals surface area (Å²) in [5.41, 5.74) is -0.912. The van der Waals surface area contributed by atoms with Crippen LogP contribution in [0.3, 0.4) is 0 Å². The Morgan fingerprint density at radius 2 is 2.03 bits per heavy atom. The molecule has 0 aliphatic carbocycles. The van der Waals surface area contributed by atoms with Crippen LogP contribution in [0.15, 0.2) is 18.2 Å². The number of nitriles is 1. The van der Waals surface area contributed by atoms with Gasteiger partial charge in [0.15, 0.2) is 6.10 Å². The molecule has 2 amide bonds. The molecular formula is C27H39BFN3O6. The van der Waals surface area contributed by atoms with Crippen LogP contribution in [0.1, 0.15) is 66.9 Å². The zero-order valence-electron chi connectivity index (χ0n) is 23.4. The summed E-state index contributed by atoms with van der Waals surface area (Å²) in [6.07, 6.45) is -0.258. The van der Waals surface area contributed by atoms with Gasteiger partial charge < -0.3 is 29.0 Å². The maximum Gasteiger partial charge on any atom is 0.494 e. The van der Waals surface area contributed by atoms with Crippen molar-refractivity contribution in [3.63, 3.8) is 0 Å². The van der Waals surface area contributed by atoms with Gasteiger partial charge in [0.05, 0.1) is 23.8 Å². The number of nitrogens with zero attached hydrogens (tertiary/aromatic N) is 2. The third kappa shape index (κ3) is 7.04. The molecule has 1 aromatic carbocycles. The summed E-state index contributed by atoms with van der Waals surface area (Å²) in [7, 11) is -0.703. The number of ether oxygens (including phenoxy) is 2. The van der Waals surface area contributed by atoms with E-state index in [1.54, 1.807) is 32.9 Å². The van der Waals surface area contributed by atoms with Gasteiger partial charge in [0.1, 0.15) is 17.5 Å². The summed E-state index contributed by atoms with van der Waals surface area (Å²) in [6.45, 7) is 13.9. The monoisotopic (exact) mass is 531 g/mol. The molecule has 11 heteroatoms. The lowest BCUT2D eigenvalue weighted by atomic mass is 9.78. The van der Waals surface area contributed by atoms with Crippen LogP contribution in [-0.2, 0) is 30.0 Å². The van der Waals surface area contributed by atoms with Gasteiger partial charge in [0.2, 0.25) is 0 Å². The SMILES string of the molecule is CCC1(C)OB(c2ccc(C[C@@H](C#N)NC(=O)[C@@H]3CN(C(=O)OC(C)(C)C)CCCO3)c(F)c2)OC1(C)C. The molecule has 0 aromatic heterocycles. The van der Waals surface area contributed by atoms with Crippen molar-refractivity contribution in [2.24, 2.45) is 0 Å². The molecule has 2 heterocycles. The Kier molecular flexibility index (Phi) is 9.12. The molecule has 3 atom stereocenters. The number of hydrogen-bond donors (Lipinski definition) is 1. The van der Waals surface area contributed by atoms with Crippen LogP contribution in [0.4, 0.5) is 9.18 Å². The summed E-state index contributed by atoms with van der Waals surface area (Å²) in [5, 5.41) is 12.3. The molecule has 2 saturated heterocycles. The van der Waals surface area contributed by atoms with Gasteiger partial charge in [-0.05, 0) is 71.5 Å². The molecule has 2 aliphatic heterocycles. The first kappa shape index (κ1) is 29.9. The Morgan fingerprint density at radius 1 is 1.32 bits per heavy atom. The minimum absolute atomic E-state index is 0.00360. The van der Waals surface area contributed by atoms with E-state index < -0.39 is 53.9 Å². The quantitative estimate of drug-likeness (QED) is 0.562. The second-order valence-corrected chi connectivity index (χ2v) is 11.5. The normalized spacial score (nSPS) is 24.3. The van der Waals surface area contributed by atoms with E-state index in [0.717, 1.165) is 6.42 Å². The molecular weight excluding hydrogens is 492 g/mol. The van der Waals surface area contributed by atoms with Crippen LogP contribution in [-0.4, -0.2) is 72.7 Å². The topological polar surface area (TPSA) is 110 Å². The highest BCUT2D eigenvalue weighted by Crippen LogP contribution is 2.39. The summed E-state index contributed by atoms with van der Waals surface area (Å²) in [5.74, 6) is -1.06. The van der Waals surface area contributed by atoms with Crippen molar-refractivity contribution in [2.45, 2.75) is 96.7 Å². The predicted octanol–water partition coefficient (Wildman–Crippen LogP) is 3.09. The number of nitrogens with one attached hydrogen (secondary N) is 1. The number of carbonyl (C=O) groups is 2. The van der Waals surface area contributed by atoms with Crippen molar-refractivity contribution in [3.05, 3.63) is 29.6 Å². The van der Waals surface area contributed by atoms with Gasteiger partial charge in [-0.3, -0.25) is 4.79 Å². The van der Waals surface area contributed by atoms with Gasteiger partial charge in [-0.1, -0.05) is 19.1 Å². The molecule has 1 aromatic rings. The van der Waals surface area contributed by atoms with Crippen LogP contribution < -0.4 is 10.8 Å². The van der Waals surface area contributed by atoms with E-state index in [0.29, 0.717) is 18.4 Å². The number of hydrogen-bond acceptors (Lipinski definition) is 7. The van der Waals surface area contributed by atoms with E-state index in [-0.39, 0.29) is 25.1 Å². The summed E-state index contributed by atoms with van der Waals surface area (Å²) in [4.78, 5) is 26.9. The third-order valence-electron chi connectivity index (χ3n) is 7.18. The van der Waals surface area contributed by atoms with Gasteiger partial charge in [-0.25, -0.2) is 9.18 Å². The zero-order valence-corrected chi connectivity index (χ0v) is 23.4. The number of carbonyl (C=O) groups excluding carboxylic acids is 2. The molecule has 38 heavy (non-hydrogen) atoms. The lowest BCUT2D eigenvalue weighted by Gasteiger charge is -2.35. The first-order chi connectivity index (χ1) is 17.7. The van der Waals surface area contributed by atoms with Crippen LogP contribution in [0.5, 0.6) is 0 Å². The molecule has 2 aliphatic rings. The third-order valence-corrected chi connectivity index (χ3v) is 7.18. The Hall–Kier alpha value is -2.68. The van der Waals surface area contributed by atoms with Crippen molar-refractivity contribution >= 4 is 24.6 Å². The van der Waals surface area contributed by atoms with E-state index in [2.05, 4.69) is 5.32 Å². The Balaban J connectivity index is 1.64. The average molecular weight is 531 g/mol. The van der Waals surface area contributed by atoms with Crippen molar-refractivity contribution in [2.75, 3.05) is 19.7 Å². The highest BCUT2D eigenvalue weighted by Gasteiger charge is 2.53. The van der Waals surface area contributed by atoms with Crippen LogP contribution in [0.2, 0.25) is 0 Å². The molecule has 1 N–H and O–H groups in total. The average Bonchev–Trinajstić information content (AvgIpc) is 2.98. The molecule has 3 rings (SSSR count). The molecule has 0 spiro atoms. The van der Waals surface area contributed by atoms with Crippen LogP contribution in [0, 0.1) is 17.1 Å². The maximum atomic E-state index is 15.1. The summed E-state index contributed by atoms with van der Waals surface area (Å²) >= 11 is 0. The maximum absolute atomic E-state index is 15.1. The summed E-state index contributed by atoms with van der Waals surface area (Å²) < 4.78 is 38.3. The zero-order chi connectivity index (χ0) is 28.3. The van der Waals surface area contributed by atoms with Crippen molar-refractivity contribution in [3.8, 4) is 6.07 Å². The molecule has 2 fully saturated rings. The number of halogens is 1. The van der Waals surface area contributed by atoms with E-state index >= 15 is 4.39 Å². The molecule has 0 radical (unpaired) electrons. The minimum Gasteiger partial charge on any atom is -0.444 e. The van der Waals surface area contributed by atoms with E-state index in [1.165, 1.54) is 11.0 Å². The van der Waals surface area contributed by atoms with Crippen molar-refractivity contribution < 1.29 is 32.8 Å². The van der Waals surface area contributed by atoms with Gasteiger partial charge in [0.25, 0.3) is 5.91 Å². The smallest absolute Gasteiger partial charge is 0.444 e. The minimum atomic E-state index is -0.994. The Bertz CT molecular complexity index is 1070. The predicted molar refractivity (Wildman–Crippen MR) is 140 cm³/mol. The van der Waals surface area contributed by atoms with Gasteiger partial charge in [-0.15, -0.1) is 0 Å². The van der Waals surface area contributed by atoms with Gasteiger partial charge in [-0.2, -0.15) is 5.26 Å². The fourth-order valence-electron chi connectivity index (χ4n) is 4.40. The lowest BCUT2D eigenvalue weighted by Crippen LogP contribution is -2.48. The van der Waals surface area contributed by atoms with E-state index in [1.807, 2.05) is 33.8 Å². The fraction of sp³-hybridized carbons (Fsp3) is 0.667. The van der Waals surface area contributed by atoms with E-state index in [4.69, 9.17) is 18.8 Å². The molecule has 208 valence electrons. The second-order valence-electron chi connectivity index (χ2n) is 11.5. The van der Waals surface area contributed by atoms with Crippen LogP contribution in [0.25, 0.3) is 0 Å². The second kappa shape index (κ2) is 11.6. The first-order valence-corrected chi connectivity index (χ1v) is 13.1. The van der Waals surface area contributed by atoms with Crippen molar-refractivity contribution in [1.82, 2.24) is 10.2 Å². The lowest BCUT2D eigenvalue weighted by molar-refractivity contribution is -0.133. The number of amides is 2.